The average molecular weight is 532 g/mol. The summed E-state index contributed by atoms with van der Waals surface area (Å²) in [4.78, 5) is 36.0. The number of pyridine rings is 1. The van der Waals surface area contributed by atoms with Crippen LogP contribution in [0, 0.1) is 11.2 Å². The second-order valence-electron chi connectivity index (χ2n) is 10.3. The highest BCUT2D eigenvalue weighted by atomic mass is 19.1. The van der Waals surface area contributed by atoms with Crippen LogP contribution in [0.5, 0.6) is 0 Å². The third-order valence-corrected chi connectivity index (χ3v) is 7.04. The van der Waals surface area contributed by atoms with Gasteiger partial charge in [0, 0.05) is 37.5 Å². The molecule has 3 heterocycles. The molecular weight excluding hydrogens is 497 g/mol. The number of aromatic nitrogens is 2. The van der Waals surface area contributed by atoms with Gasteiger partial charge in [-0.1, -0.05) is 17.7 Å². The van der Waals surface area contributed by atoms with Crippen molar-refractivity contribution in [2.45, 2.75) is 27.3 Å². The largest absolute Gasteiger partial charge is 0.354 e. The number of rotatable bonds is 10. The molecule has 1 aliphatic heterocycles. The number of allylic oxidation sites excluding steroid dienone is 2. The molecule has 2 amide bonds. The van der Waals surface area contributed by atoms with Crippen molar-refractivity contribution in [2.75, 3.05) is 32.5 Å². The number of halogens is 1. The SMILES string of the molecule is C=N/C(=C\C=C(/C)C(C)(C)C(=O)NCCN(C)C)Nc1ccc(-c2cnc3cc(F)ccn23)c2c1C(=O)NC2. The molecule has 9 nitrogen and oxygen atoms in total. The predicted octanol–water partition coefficient (Wildman–Crippen LogP) is 3.99. The quantitative estimate of drug-likeness (QED) is 0.271. The van der Waals surface area contributed by atoms with Gasteiger partial charge in [0.2, 0.25) is 5.91 Å². The number of amides is 2. The maximum atomic E-state index is 13.7. The zero-order valence-corrected chi connectivity index (χ0v) is 22.9. The van der Waals surface area contributed by atoms with E-state index in [9.17, 15) is 14.0 Å². The summed E-state index contributed by atoms with van der Waals surface area (Å²) < 4.78 is 15.4. The van der Waals surface area contributed by atoms with Gasteiger partial charge in [0.1, 0.15) is 17.3 Å². The molecule has 1 aromatic carbocycles. The average Bonchev–Trinajstić information content (AvgIpc) is 3.49. The Balaban J connectivity index is 1.60. The van der Waals surface area contributed by atoms with Crippen molar-refractivity contribution in [3.05, 3.63) is 77.1 Å². The van der Waals surface area contributed by atoms with Crippen LogP contribution in [0.4, 0.5) is 10.1 Å². The topological polar surface area (TPSA) is 103 Å². The van der Waals surface area contributed by atoms with Gasteiger partial charge in [0.15, 0.2) is 0 Å². The van der Waals surface area contributed by atoms with E-state index in [1.165, 1.54) is 12.1 Å². The lowest BCUT2D eigenvalue weighted by molar-refractivity contribution is -0.127. The number of hydrogen-bond acceptors (Lipinski definition) is 6. The molecule has 0 bridgehead atoms. The van der Waals surface area contributed by atoms with Crippen molar-refractivity contribution >= 4 is 29.9 Å². The van der Waals surface area contributed by atoms with E-state index in [0.29, 0.717) is 35.8 Å². The Labute approximate surface area is 227 Å². The number of anilines is 1. The van der Waals surface area contributed by atoms with Gasteiger partial charge in [0.05, 0.1) is 28.6 Å². The molecule has 3 aromatic rings. The van der Waals surface area contributed by atoms with Crippen molar-refractivity contribution in [1.82, 2.24) is 24.9 Å². The van der Waals surface area contributed by atoms with E-state index in [1.54, 1.807) is 28.9 Å². The van der Waals surface area contributed by atoms with Crippen LogP contribution in [0.25, 0.3) is 16.9 Å². The molecule has 39 heavy (non-hydrogen) atoms. The summed E-state index contributed by atoms with van der Waals surface area (Å²) in [5.74, 6) is -0.208. The van der Waals surface area contributed by atoms with E-state index >= 15 is 0 Å². The molecule has 0 atom stereocenters. The van der Waals surface area contributed by atoms with Crippen molar-refractivity contribution in [1.29, 1.82) is 0 Å². The zero-order valence-electron chi connectivity index (χ0n) is 22.9. The summed E-state index contributed by atoms with van der Waals surface area (Å²) in [5.41, 5.74) is 4.06. The Morgan fingerprint density at radius 3 is 2.79 bits per heavy atom. The van der Waals surface area contributed by atoms with Gasteiger partial charge in [-0.2, -0.15) is 0 Å². The second kappa shape index (κ2) is 11.2. The first-order valence-electron chi connectivity index (χ1n) is 12.7. The number of likely N-dealkylation sites (N-methyl/N-ethyl adjacent to an activating group) is 1. The number of benzene rings is 1. The third kappa shape index (κ3) is 5.75. The van der Waals surface area contributed by atoms with E-state index in [0.717, 1.165) is 28.9 Å². The fourth-order valence-electron chi connectivity index (χ4n) is 4.32. The van der Waals surface area contributed by atoms with Crippen LogP contribution >= 0.6 is 0 Å². The van der Waals surface area contributed by atoms with Crippen molar-refractivity contribution in [2.24, 2.45) is 10.4 Å². The summed E-state index contributed by atoms with van der Waals surface area (Å²) in [6, 6.07) is 6.44. The summed E-state index contributed by atoms with van der Waals surface area (Å²) >= 11 is 0. The molecule has 1 aliphatic rings. The van der Waals surface area contributed by atoms with Crippen LogP contribution in [0.1, 0.15) is 36.7 Å². The molecule has 0 saturated carbocycles. The number of hydrogen-bond donors (Lipinski definition) is 3. The fraction of sp³-hybridized carbons (Fsp3) is 0.310. The number of imidazole rings is 1. The Hall–Kier alpha value is -4.31. The number of fused-ring (bicyclic) bond motifs is 2. The molecule has 0 aliphatic carbocycles. The normalized spacial score (nSPS) is 14.0. The number of nitrogens with zero attached hydrogens (tertiary/aromatic N) is 4. The summed E-state index contributed by atoms with van der Waals surface area (Å²) in [5, 5.41) is 9.07. The van der Waals surface area contributed by atoms with Gasteiger partial charge in [-0.25, -0.2) is 14.4 Å². The molecule has 3 N–H and O–H groups in total. The number of nitrogens with one attached hydrogen (secondary N) is 3. The van der Waals surface area contributed by atoms with Gasteiger partial charge in [-0.15, -0.1) is 0 Å². The predicted molar refractivity (Wildman–Crippen MR) is 152 cm³/mol. The third-order valence-electron chi connectivity index (χ3n) is 7.04. The lowest BCUT2D eigenvalue weighted by atomic mass is 9.84. The minimum absolute atomic E-state index is 0.0622. The molecule has 0 radical (unpaired) electrons. The van der Waals surface area contributed by atoms with Crippen LogP contribution in [0.3, 0.4) is 0 Å². The molecule has 10 heteroatoms. The van der Waals surface area contributed by atoms with Crippen LogP contribution < -0.4 is 16.0 Å². The lowest BCUT2D eigenvalue weighted by Gasteiger charge is -2.25. The van der Waals surface area contributed by atoms with E-state index in [2.05, 4.69) is 32.6 Å². The maximum Gasteiger partial charge on any atom is 0.254 e. The zero-order chi connectivity index (χ0) is 28.3. The molecule has 4 rings (SSSR count). The van der Waals surface area contributed by atoms with E-state index < -0.39 is 5.41 Å². The van der Waals surface area contributed by atoms with Gasteiger partial charge < -0.3 is 20.9 Å². The smallest absolute Gasteiger partial charge is 0.254 e. The molecular formula is C29H34FN7O2. The van der Waals surface area contributed by atoms with Crippen molar-refractivity contribution in [3.63, 3.8) is 0 Å². The number of carbonyl (C=O) groups excluding carboxylic acids is 2. The molecule has 0 saturated heterocycles. The molecule has 0 spiro atoms. The minimum atomic E-state index is -0.727. The second-order valence-corrected chi connectivity index (χ2v) is 10.3. The van der Waals surface area contributed by atoms with E-state index in [1.807, 2.05) is 51.9 Å². The molecule has 0 fully saturated rings. The first-order chi connectivity index (χ1) is 18.5. The first-order valence-corrected chi connectivity index (χ1v) is 12.7. The van der Waals surface area contributed by atoms with Crippen LogP contribution in [0.2, 0.25) is 0 Å². The maximum absolute atomic E-state index is 13.7. The van der Waals surface area contributed by atoms with E-state index in [4.69, 9.17) is 0 Å². The highest BCUT2D eigenvalue weighted by molar-refractivity contribution is 6.05. The Morgan fingerprint density at radius 2 is 2.08 bits per heavy atom. The van der Waals surface area contributed by atoms with Gasteiger partial charge >= 0.3 is 0 Å². The highest BCUT2D eigenvalue weighted by Crippen LogP contribution is 2.35. The summed E-state index contributed by atoms with van der Waals surface area (Å²) in [6.07, 6.45) is 6.86. The standard InChI is InChI=1S/C29H34FN7O2/c1-18(29(2,3)28(39)32-12-14-36(5)6)7-10-24(31-4)35-22-9-8-20(21-16-34-27(38)26(21)22)23-17-33-25-15-19(30)11-13-37(23)25/h7-11,13,15,17,35H,4,12,14,16H2,1-3,5-6H3,(H,32,39)(H,34,38)/b18-7+,24-10+. The van der Waals surface area contributed by atoms with Gasteiger partial charge in [0.25, 0.3) is 5.91 Å². The van der Waals surface area contributed by atoms with Crippen LogP contribution in [-0.2, 0) is 11.3 Å². The number of carbonyl (C=O) groups is 2. The first kappa shape index (κ1) is 27.7. The summed E-state index contributed by atoms with van der Waals surface area (Å²) in [6.45, 7) is 11.0. The van der Waals surface area contributed by atoms with E-state index in [-0.39, 0.29) is 17.6 Å². The Morgan fingerprint density at radius 1 is 1.31 bits per heavy atom. The molecule has 0 unspecified atom stereocenters. The Bertz CT molecular complexity index is 1500. The van der Waals surface area contributed by atoms with Crippen LogP contribution in [-0.4, -0.2) is 60.0 Å². The van der Waals surface area contributed by atoms with Gasteiger partial charge in [-0.3, -0.25) is 14.0 Å². The van der Waals surface area contributed by atoms with Gasteiger partial charge in [-0.05, 0) is 65.4 Å². The summed E-state index contributed by atoms with van der Waals surface area (Å²) in [7, 11) is 3.91. The molecule has 2 aromatic heterocycles. The highest BCUT2D eigenvalue weighted by Gasteiger charge is 2.29. The minimum Gasteiger partial charge on any atom is -0.354 e. The monoisotopic (exact) mass is 531 g/mol. The molecule has 204 valence electrons. The Kier molecular flexibility index (Phi) is 7.96. The van der Waals surface area contributed by atoms with Crippen LogP contribution in [0.15, 0.2) is 65.2 Å². The lowest BCUT2D eigenvalue weighted by Crippen LogP contribution is -2.40. The number of aliphatic imine (C=N–C) groups is 1. The van der Waals surface area contributed by atoms with Crippen molar-refractivity contribution < 1.29 is 14.0 Å². The fourth-order valence-corrected chi connectivity index (χ4v) is 4.32. The van der Waals surface area contributed by atoms with Crippen molar-refractivity contribution in [3.8, 4) is 11.3 Å².